The van der Waals surface area contributed by atoms with Crippen molar-refractivity contribution in [1.82, 2.24) is 4.98 Å². The van der Waals surface area contributed by atoms with Gasteiger partial charge in [0.15, 0.2) is 8.07 Å². The average Bonchev–Trinajstić information content (AvgIpc) is 3.22. The van der Waals surface area contributed by atoms with Gasteiger partial charge >= 0.3 is 7.12 Å². The Hall–Kier alpha value is -3.77. The molecule has 40 heavy (non-hydrogen) atoms. The first-order chi connectivity index (χ1) is 19.3. The van der Waals surface area contributed by atoms with Crippen LogP contribution in [-0.4, -0.2) is 31.4 Å². The van der Waals surface area contributed by atoms with Gasteiger partial charge in [0, 0.05) is 6.20 Å². The van der Waals surface area contributed by atoms with Crippen LogP contribution in [0.1, 0.15) is 27.7 Å². The fourth-order valence-electron chi connectivity index (χ4n) is 5.75. The lowest BCUT2D eigenvalue weighted by Crippen LogP contribution is -2.75. The summed E-state index contributed by atoms with van der Waals surface area (Å²) in [5.74, 6) is 0. The lowest BCUT2D eigenvalue weighted by atomic mass is 9.84. The van der Waals surface area contributed by atoms with Gasteiger partial charge in [-0.25, -0.2) is 0 Å². The normalized spacial score (nSPS) is 16.1. The van der Waals surface area contributed by atoms with Crippen LogP contribution in [0.25, 0.3) is 11.1 Å². The molecule has 0 N–H and O–H groups in total. The van der Waals surface area contributed by atoms with Gasteiger partial charge in [-0.3, -0.25) is 4.98 Å². The summed E-state index contributed by atoms with van der Waals surface area (Å²) in [7, 11) is -3.29. The van der Waals surface area contributed by atoms with Crippen molar-refractivity contribution in [3.05, 3.63) is 134 Å². The second-order valence-corrected chi connectivity index (χ2v) is 15.2. The van der Waals surface area contributed by atoms with Crippen LogP contribution in [-0.2, 0) is 9.31 Å². The van der Waals surface area contributed by atoms with Gasteiger partial charge in [0.1, 0.15) is 0 Å². The topological polar surface area (TPSA) is 31.4 Å². The first kappa shape index (κ1) is 26.5. The van der Waals surface area contributed by atoms with Crippen LogP contribution in [0, 0.1) is 0 Å². The summed E-state index contributed by atoms with van der Waals surface area (Å²) in [6.45, 7) is 8.30. The molecule has 4 aromatic carbocycles. The molecule has 2 heterocycles. The maximum absolute atomic E-state index is 6.33. The number of pyridine rings is 1. The number of benzene rings is 4. The van der Waals surface area contributed by atoms with Crippen molar-refractivity contribution in [2.75, 3.05) is 0 Å². The molecule has 0 radical (unpaired) electrons. The maximum atomic E-state index is 6.33. The van der Waals surface area contributed by atoms with E-state index >= 15 is 0 Å². The Morgan fingerprint density at radius 1 is 0.550 bits per heavy atom. The van der Waals surface area contributed by atoms with E-state index in [1.165, 1.54) is 31.9 Å². The molecule has 0 spiro atoms. The van der Waals surface area contributed by atoms with Gasteiger partial charge in [-0.2, -0.15) is 0 Å². The Morgan fingerprint density at radius 2 is 1.05 bits per heavy atom. The van der Waals surface area contributed by atoms with Crippen LogP contribution < -0.4 is 26.3 Å². The van der Waals surface area contributed by atoms with Crippen LogP contribution in [0.2, 0.25) is 0 Å². The highest BCUT2D eigenvalue weighted by atomic mass is 28.3. The number of rotatable bonds is 6. The zero-order chi connectivity index (χ0) is 27.8. The third-order valence-electron chi connectivity index (χ3n) is 8.54. The summed E-state index contributed by atoms with van der Waals surface area (Å²) < 4.78 is 12.7. The minimum atomic E-state index is -2.79. The summed E-state index contributed by atoms with van der Waals surface area (Å²) in [5, 5.41) is 5.18. The maximum Gasteiger partial charge on any atom is 0.514 e. The number of hydrogen-bond acceptors (Lipinski definition) is 3. The van der Waals surface area contributed by atoms with E-state index in [0.717, 1.165) is 5.59 Å². The van der Waals surface area contributed by atoms with Gasteiger partial charge in [-0.1, -0.05) is 121 Å². The monoisotopic (exact) mass is 539 g/mol. The van der Waals surface area contributed by atoms with E-state index in [4.69, 9.17) is 14.3 Å². The zero-order valence-corrected chi connectivity index (χ0v) is 24.5. The standard InChI is InChI=1S/C35H34BNO2Si/c1-34(2)35(3,4)39-36(38-34)33-25-24-30(26-37-33)40(28-18-10-6-11-19-28,29-20-12-7-13-21-29)32-23-15-14-22-31(32)27-16-8-5-9-17-27/h5-26H,1-4H3. The molecule has 1 aromatic heterocycles. The molecule has 0 bridgehead atoms. The SMILES string of the molecule is CC1(C)OB(c2ccc([Si](c3ccccc3)(c3ccccc3)c3ccccc3-c3ccccc3)cn2)OC1(C)C. The molecule has 3 nitrogen and oxygen atoms in total. The molecular weight excluding hydrogens is 505 g/mol. The summed E-state index contributed by atoms with van der Waals surface area (Å²) >= 11 is 0. The second-order valence-electron chi connectivity index (χ2n) is 11.5. The molecule has 0 aliphatic carbocycles. The largest absolute Gasteiger partial charge is 0.514 e. The van der Waals surface area contributed by atoms with Gasteiger partial charge in [0.05, 0.1) is 16.8 Å². The van der Waals surface area contributed by atoms with Gasteiger partial charge in [0.2, 0.25) is 0 Å². The molecule has 0 unspecified atom stereocenters. The van der Waals surface area contributed by atoms with E-state index in [1.54, 1.807) is 0 Å². The summed E-state index contributed by atoms with van der Waals surface area (Å²) in [6, 6.07) is 45.8. The highest BCUT2D eigenvalue weighted by Crippen LogP contribution is 2.36. The second kappa shape index (κ2) is 10.3. The first-order valence-electron chi connectivity index (χ1n) is 13.9. The summed E-state index contributed by atoms with van der Waals surface area (Å²) in [4.78, 5) is 5.02. The Kier molecular flexibility index (Phi) is 6.83. The molecule has 1 saturated heterocycles. The molecule has 5 heteroatoms. The highest BCUT2D eigenvalue weighted by molar-refractivity contribution is 7.20. The fourth-order valence-corrected chi connectivity index (χ4v) is 10.6. The number of nitrogens with zero attached hydrogens (tertiary/aromatic N) is 1. The highest BCUT2D eigenvalue weighted by Gasteiger charge is 2.52. The summed E-state index contributed by atoms with van der Waals surface area (Å²) in [6.07, 6.45) is 2.06. The summed E-state index contributed by atoms with van der Waals surface area (Å²) in [5.41, 5.74) is 2.42. The molecule has 5 aromatic rings. The molecule has 1 aliphatic heterocycles. The van der Waals surface area contributed by atoms with E-state index < -0.39 is 26.4 Å². The molecule has 0 saturated carbocycles. The molecule has 0 amide bonds. The Balaban J connectivity index is 1.60. The minimum Gasteiger partial charge on any atom is -0.398 e. The van der Waals surface area contributed by atoms with Crippen molar-refractivity contribution >= 4 is 41.5 Å². The van der Waals surface area contributed by atoms with Crippen LogP contribution in [0.3, 0.4) is 0 Å². The van der Waals surface area contributed by atoms with Gasteiger partial charge in [-0.15, -0.1) is 0 Å². The zero-order valence-electron chi connectivity index (χ0n) is 23.5. The van der Waals surface area contributed by atoms with Crippen LogP contribution >= 0.6 is 0 Å². The van der Waals surface area contributed by atoms with Gasteiger partial charge < -0.3 is 9.31 Å². The van der Waals surface area contributed by atoms with Crippen LogP contribution in [0.15, 0.2) is 134 Å². The first-order valence-corrected chi connectivity index (χ1v) is 15.9. The van der Waals surface area contributed by atoms with Crippen molar-refractivity contribution in [2.45, 2.75) is 38.9 Å². The predicted octanol–water partition coefficient (Wildman–Crippen LogP) is 4.43. The van der Waals surface area contributed by atoms with E-state index in [1.807, 2.05) is 0 Å². The van der Waals surface area contributed by atoms with Crippen LogP contribution in [0.5, 0.6) is 0 Å². The smallest absolute Gasteiger partial charge is 0.398 e. The minimum absolute atomic E-state index is 0.417. The molecule has 1 aliphatic rings. The molecule has 1 fully saturated rings. The molecule has 0 atom stereocenters. The van der Waals surface area contributed by atoms with E-state index in [0.29, 0.717) is 0 Å². The Labute approximate surface area is 239 Å². The predicted molar refractivity (Wildman–Crippen MR) is 169 cm³/mol. The molecule has 6 rings (SSSR count). The quantitative estimate of drug-likeness (QED) is 0.237. The van der Waals surface area contributed by atoms with E-state index in [9.17, 15) is 0 Å². The molecular formula is C35H34BNO2Si. The average molecular weight is 540 g/mol. The van der Waals surface area contributed by atoms with Crippen molar-refractivity contribution in [3.63, 3.8) is 0 Å². The van der Waals surface area contributed by atoms with Crippen molar-refractivity contribution in [1.29, 1.82) is 0 Å². The Bertz CT molecular complexity index is 1530. The van der Waals surface area contributed by atoms with E-state index in [-0.39, 0.29) is 0 Å². The van der Waals surface area contributed by atoms with Crippen molar-refractivity contribution in [2.24, 2.45) is 0 Å². The van der Waals surface area contributed by atoms with Crippen molar-refractivity contribution in [3.8, 4) is 11.1 Å². The third-order valence-corrected chi connectivity index (χ3v) is 13.3. The fraction of sp³-hybridized carbons (Fsp3) is 0.171. The van der Waals surface area contributed by atoms with Gasteiger partial charge in [0.25, 0.3) is 0 Å². The van der Waals surface area contributed by atoms with Gasteiger partial charge in [-0.05, 0) is 65.6 Å². The number of hydrogen-bond donors (Lipinski definition) is 0. The Morgan fingerprint density at radius 3 is 1.57 bits per heavy atom. The lowest BCUT2D eigenvalue weighted by molar-refractivity contribution is 0.00578. The third kappa shape index (κ3) is 4.44. The number of aromatic nitrogens is 1. The van der Waals surface area contributed by atoms with E-state index in [2.05, 4.69) is 161 Å². The molecule has 198 valence electrons. The lowest BCUT2D eigenvalue weighted by Gasteiger charge is -2.35. The van der Waals surface area contributed by atoms with Crippen molar-refractivity contribution < 1.29 is 9.31 Å². The van der Waals surface area contributed by atoms with Crippen LogP contribution in [0.4, 0.5) is 0 Å².